The van der Waals surface area contributed by atoms with Crippen LogP contribution in [-0.2, 0) is 6.54 Å². The Morgan fingerprint density at radius 1 is 0.931 bits per heavy atom. The average molecular weight is 447 g/mol. The third-order valence-electron chi connectivity index (χ3n) is 5.77. The molecule has 2 heterocycles. The molecule has 7 heteroatoms. The summed E-state index contributed by atoms with van der Waals surface area (Å²) < 4.78 is 1.99. The number of rotatable bonds is 3. The topological polar surface area (TPSA) is 38.1 Å². The minimum atomic E-state index is 0.00551. The molecule has 4 nitrogen and oxygen atoms in total. The fourth-order valence-electron chi connectivity index (χ4n) is 4.37. The number of nitrogens with zero attached hydrogens (tertiary/aromatic N) is 3. The van der Waals surface area contributed by atoms with Gasteiger partial charge in [-0.15, -0.1) is 0 Å². The Hall–Kier alpha value is -2.01. The molecular weight excluding hydrogens is 429 g/mol. The lowest BCUT2D eigenvalue weighted by molar-refractivity contribution is 0.0700. The summed E-state index contributed by atoms with van der Waals surface area (Å²) in [4.78, 5) is 19.9. The van der Waals surface area contributed by atoms with Crippen LogP contribution in [0.3, 0.4) is 0 Å². The minimum Gasteiger partial charge on any atom is -0.328 e. The maximum atomic E-state index is 13.2. The zero-order valence-electron chi connectivity index (χ0n) is 15.5. The van der Waals surface area contributed by atoms with Gasteiger partial charge in [0.2, 0.25) is 0 Å². The lowest BCUT2D eigenvalue weighted by Crippen LogP contribution is -2.34. The van der Waals surface area contributed by atoms with Gasteiger partial charge >= 0.3 is 0 Å². The summed E-state index contributed by atoms with van der Waals surface area (Å²) in [6.45, 7) is 0.540. The van der Waals surface area contributed by atoms with Gasteiger partial charge in [-0.3, -0.25) is 9.36 Å². The zero-order valence-corrected chi connectivity index (χ0v) is 17.8. The van der Waals surface area contributed by atoms with Crippen LogP contribution < -0.4 is 0 Å². The molecule has 2 aromatic carbocycles. The monoisotopic (exact) mass is 445 g/mol. The smallest absolute Gasteiger partial charge is 0.275 e. The van der Waals surface area contributed by atoms with Crippen molar-refractivity contribution in [3.05, 3.63) is 68.9 Å². The number of halogens is 3. The number of benzene rings is 2. The van der Waals surface area contributed by atoms with Crippen LogP contribution >= 0.6 is 34.8 Å². The number of fused-ring (bicyclic) bond motifs is 1. The summed E-state index contributed by atoms with van der Waals surface area (Å²) in [5.41, 5.74) is 3.01. The van der Waals surface area contributed by atoms with Crippen molar-refractivity contribution in [1.29, 1.82) is 0 Å². The predicted molar refractivity (Wildman–Crippen MR) is 116 cm³/mol. The zero-order chi connectivity index (χ0) is 20.1. The van der Waals surface area contributed by atoms with Gasteiger partial charge in [0.15, 0.2) is 5.69 Å². The van der Waals surface area contributed by atoms with E-state index in [2.05, 4.69) is 0 Å². The quantitative estimate of drug-likeness (QED) is 0.467. The Kier molecular flexibility index (Phi) is 4.81. The number of aromatic nitrogens is 2. The van der Waals surface area contributed by atoms with Crippen LogP contribution in [0.25, 0.3) is 17.1 Å². The molecule has 1 saturated carbocycles. The largest absolute Gasteiger partial charge is 0.328 e. The molecule has 1 fully saturated rings. The molecule has 0 unspecified atom stereocenters. The highest BCUT2D eigenvalue weighted by Gasteiger charge is 2.39. The summed E-state index contributed by atoms with van der Waals surface area (Å²) >= 11 is 18.7. The van der Waals surface area contributed by atoms with Gasteiger partial charge in [0.1, 0.15) is 5.82 Å². The molecule has 0 N–H and O–H groups in total. The first-order valence-electron chi connectivity index (χ1n) is 9.67. The minimum absolute atomic E-state index is 0.00551. The van der Waals surface area contributed by atoms with E-state index in [1.807, 2.05) is 39.8 Å². The maximum absolute atomic E-state index is 13.2. The fraction of sp³-hybridized carbons (Fsp3) is 0.273. The van der Waals surface area contributed by atoms with Crippen LogP contribution in [0, 0.1) is 0 Å². The molecule has 0 spiro atoms. The van der Waals surface area contributed by atoms with Crippen molar-refractivity contribution < 1.29 is 4.79 Å². The van der Waals surface area contributed by atoms with Crippen LogP contribution in [0.1, 0.15) is 41.9 Å². The SMILES string of the molecule is O=C1c2nc(-c3ccc(Cl)cc3)n(-c3ccc(Cl)cc3Cl)c2CN1C1CCCC1. The van der Waals surface area contributed by atoms with Gasteiger partial charge < -0.3 is 4.90 Å². The van der Waals surface area contributed by atoms with Gasteiger partial charge in [0, 0.05) is 21.7 Å². The molecular formula is C22H18Cl3N3O. The van der Waals surface area contributed by atoms with Gasteiger partial charge in [-0.2, -0.15) is 0 Å². The first-order chi connectivity index (χ1) is 14.0. The molecule has 1 aliphatic heterocycles. The lowest BCUT2D eigenvalue weighted by atomic mass is 10.2. The third kappa shape index (κ3) is 3.24. The molecule has 1 amide bonds. The van der Waals surface area contributed by atoms with E-state index < -0.39 is 0 Å². The van der Waals surface area contributed by atoms with E-state index in [0.29, 0.717) is 39.2 Å². The highest BCUT2D eigenvalue weighted by molar-refractivity contribution is 6.35. The van der Waals surface area contributed by atoms with Crippen molar-refractivity contribution in [1.82, 2.24) is 14.5 Å². The van der Waals surface area contributed by atoms with Gasteiger partial charge in [0.25, 0.3) is 5.91 Å². The van der Waals surface area contributed by atoms with Gasteiger partial charge in [-0.25, -0.2) is 4.98 Å². The third-order valence-corrected chi connectivity index (χ3v) is 6.56. The summed E-state index contributed by atoms with van der Waals surface area (Å²) in [5, 5.41) is 1.72. The van der Waals surface area contributed by atoms with Crippen molar-refractivity contribution in [2.45, 2.75) is 38.3 Å². The highest BCUT2D eigenvalue weighted by Crippen LogP contribution is 2.38. The van der Waals surface area contributed by atoms with E-state index in [-0.39, 0.29) is 5.91 Å². The molecule has 0 saturated heterocycles. The Balaban J connectivity index is 1.68. The molecule has 1 aromatic heterocycles. The Morgan fingerprint density at radius 2 is 1.62 bits per heavy atom. The number of carbonyl (C=O) groups is 1. The summed E-state index contributed by atoms with van der Waals surface area (Å²) in [6.07, 6.45) is 4.46. The average Bonchev–Trinajstić information content (AvgIpc) is 3.40. The van der Waals surface area contributed by atoms with E-state index in [0.717, 1.165) is 29.8 Å². The normalized spacial score (nSPS) is 16.7. The van der Waals surface area contributed by atoms with Crippen LogP contribution in [0.15, 0.2) is 42.5 Å². The molecule has 148 valence electrons. The fourth-order valence-corrected chi connectivity index (χ4v) is 4.98. The summed E-state index contributed by atoms with van der Waals surface area (Å²) in [5.74, 6) is 0.682. The van der Waals surface area contributed by atoms with E-state index in [9.17, 15) is 4.79 Å². The number of imidazole rings is 1. The van der Waals surface area contributed by atoms with Gasteiger partial charge in [-0.05, 0) is 55.3 Å². The second-order valence-electron chi connectivity index (χ2n) is 7.54. The molecule has 0 bridgehead atoms. The van der Waals surface area contributed by atoms with Crippen LogP contribution in [0.4, 0.5) is 0 Å². The Labute approximate surface area is 184 Å². The van der Waals surface area contributed by atoms with Gasteiger partial charge in [-0.1, -0.05) is 47.6 Å². The van der Waals surface area contributed by atoms with Crippen molar-refractivity contribution in [3.63, 3.8) is 0 Å². The first-order valence-corrected chi connectivity index (χ1v) is 10.8. The number of amides is 1. The number of carbonyl (C=O) groups excluding carboxylic acids is 1. The number of hydrogen-bond acceptors (Lipinski definition) is 2. The Morgan fingerprint density at radius 3 is 2.31 bits per heavy atom. The lowest BCUT2D eigenvalue weighted by Gasteiger charge is -2.24. The first kappa shape index (κ1) is 19.0. The molecule has 0 atom stereocenters. The molecule has 2 aliphatic rings. The van der Waals surface area contributed by atoms with Crippen molar-refractivity contribution in [2.75, 3.05) is 0 Å². The molecule has 3 aromatic rings. The second-order valence-corrected chi connectivity index (χ2v) is 8.82. The standard InChI is InChI=1S/C22H18Cl3N3O/c23-14-7-5-13(6-8-14)21-26-20-19(12-27(22(20)29)16-3-1-2-4-16)28(21)18-10-9-15(24)11-17(18)25/h5-11,16H,1-4,12H2. The van der Waals surface area contributed by atoms with Crippen LogP contribution in [0.2, 0.25) is 15.1 Å². The van der Waals surface area contributed by atoms with Gasteiger partial charge in [0.05, 0.1) is 22.9 Å². The maximum Gasteiger partial charge on any atom is 0.275 e. The van der Waals surface area contributed by atoms with E-state index in [1.165, 1.54) is 12.8 Å². The van der Waals surface area contributed by atoms with Crippen molar-refractivity contribution in [3.8, 4) is 17.1 Å². The van der Waals surface area contributed by atoms with E-state index in [1.54, 1.807) is 12.1 Å². The van der Waals surface area contributed by atoms with Crippen molar-refractivity contribution in [2.24, 2.45) is 0 Å². The summed E-state index contributed by atoms with van der Waals surface area (Å²) in [7, 11) is 0. The Bertz CT molecular complexity index is 1100. The number of hydrogen-bond donors (Lipinski definition) is 0. The highest BCUT2D eigenvalue weighted by atomic mass is 35.5. The molecule has 0 radical (unpaired) electrons. The molecule has 1 aliphatic carbocycles. The van der Waals surface area contributed by atoms with Crippen molar-refractivity contribution >= 4 is 40.7 Å². The van der Waals surface area contributed by atoms with E-state index >= 15 is 0 Å². The molecule has 5 rings (SSSR count). The second kappa shape index (κ2) is 7.35. The summed E-state index contributed by atoms with van der Waals surface area (Å²) in [6, 6.07) is 13.1. The van der Waals surface area contributed by atoms with E-state index in [4.69, 9.17) is 39.8 Å². The molecule has 29 heavy (non-hydrogen) atoms. The van der Waals surface area contributed by atoms with Crippen LogP contribution in [0.5, 0.6) is 0 Å². The predicted octanol–water partition coefficient (Wildman–Crippen LogP) is 6.40. The van der Waals surface area contributed by atoms with Crippen LogP contribution in [-0.4, -0.2) is 26.4 Å².